The van der Waals surface area contributed by atoms with E-state index in [1.54, 1.807) is 37.3 Å². The predicted octanol–water partition coefficient (Wildman–Crippen LogP) is 1.75. The molecule has 0 bridgehead atoms. The third-order valence-electron chi connectivity index (χ3n) is 4.85. The van der Waals surface area contributed by atoms with Crippen molar-refractivity contribution in [2.24, 2.45) is 0 Å². The van der Waals surface area contributed by atoms with Crippen molar-refractivity contribution in [3.8, 4) is 5.75 Å². The summed E-state index contributed by atoms with van der Waals surface area (Å²) in [5, 5.41) is 3.31. The van der Waals surface area contributed by atoms with Crippen LogP contribution in [-0.4, -0.2) is 44.1 Å². The van der Waals surface area contributed by atoms with E-state index in [-0.39, 0.29) is 17.9 Å². The Morgan fingerprint density at radius 1 is 1.10 bits per heavy atom. The molecule has 4 amide bonds. The molecule has 1 atom stereocenters. The molecule has 0 spiro atoms. The highest BCUT2D eigenvalue weighted by atomic mass is 32.2. The number of amides is 4. The van der Waals surface area contributed by atoms with Gasteiger partial charge >= 0.3 is 6.03 Å². The van der Waals surface area contributed by atoms with Crippen molar-refractivity contribution in [2.45, 2.75) is 30.2 Å². The first-order valence-corrected chi connectivity index (χ1v) is 11.4. The molecule has 1 saturated heterocycles. The van der Waals surface area contributed by atoms with Gasteiger partial charge in [0.05, 0.1) is 11.5 Å². The van der Waals surface area contributed by atoms with E-state index in [1.807, 2.05) is 0 Å². The second-order valence-electron chi connectivity index (χ2n) is 7.29. The Morgan fingerprint density at radius 3 is 2.35 bits per heavy atom. The fourth-order valence-corrected chi connectivity index (χ4v) is 3.72. The Bertz CT molecular complexity index is 1090. The number of hydrazine groups is 1. The standard InChI is InChI=1S/C21H23N3O6S/c1-21(15-7-4-3-5-8-15)19(26)24(20(27)22-21)23-18(25)9-6-14-30-16-10-12-17(13-11-16)31(2,28)29/h3-5,7-8,10-13H,6,9,14H2,1-2H3,(H,22,27)(H,23,25). The predicted molar refractivity (Wildman–Crippen MR) is 112 cm³/mol. The Labute approximate surface area is 180 Å². The first-order chi connectivity index (χ1) is 14.6. The smallest absolute Gasteiger partial charge is 0.344 e. The van der Waals surface area contributed by atoms with Gasteiger partial charge in [-0.3, -0.25) is 15.0 Å². The van der Waals surface area contributed by atoms with Crippen molar-refractivity contribution >= 4 is 27.7 Å². The topological polar surface area (TPSA) is 122 Å². The molecule has 3 rings (SSSR count). The lowest BCUT2D eigenvalue weighted by Crippen LogP contribution is -2.47. The highest BCUT2D eigenvalue weighted by molar-refractivity contribution is 7.90. The van der Waals surface area contributed by atoms with E-state index in [4.69, 9.17) is 4.74 Å². The number of nitrogens with one attached hydrogen (secondary N) is 2. The zero-order chi connectivity index (χ0) is 22.6. The number of carbonyl (C=O) groups excluding carboxylic acids is 3. The third kappa shape index (κ3) is 5.02. The van der Waals surface area contributed by atoms with Gasteiger partial charge < -0.3 is 10.1 Å². The number of hydrogen-bond acceptors (Lipinski definition) is 6. The molecule has 0 aromatic heterocycles. The Kier molecular flexibility index (Phi) is 6.30. The Hall–Kier alpha value is -3.40. The maximum absolute atomic E-state index is 12.7. The molecule has 1 aliphatic rings. The number of ether oxygens (including phenoxy) is 1. The molecular formula is C21H23N3O6S. The van der Waals surface area contributed by atoms with Gasteiger partial charge in [0.1, 0.15) is 11.3 Å². The van der Waals surface area contributed by atoms with Crippen LogP contribution in [0.25, 0.3) is 0 Å². The van der Waals surface area contributed by atoms with Crippen molar-refractivity contribution in [2.75, 3.05) is 12.9 Å². The fourth-order valence-electron chi connectivity index (χ4n) is 3.09. The summed E-state index contributed by atoms with van der Waals surface area (Å²) in [7, 11) is -3.28. The van der Waals surface area contributed by atoms with Crippen LogP contribution in [0.15, 0.2) is 59.5 Å². The van der Waals surface area contributed by atoms with Crippen LogP contribution in [0, 0.1) is 0 Å². The molecule has 1 unspecified atom stereocenters. The molecule has 2 aromatic rings. The third-order valence-corrected chi connectivity index (χ3v) is 5.98. The highest BCUT2D eigenvalue weighted by Gasteiger charge is 2.49. The second kappa shape index (κ2) is 8.76. The van der Waals surface area contributed by atoms with Crippen molar-refractivity contribution in [1.29, 1.82) is 0 Å². The average molecular weight is 445 g/mol. The summed E-state index contributed by atoms with van der Waals surface area (Å²) in [4.78, 5) is 37.4. The molecule has 0 saturated carbocycles. The van der Waals surface area contributed by atoms with Gasteiger partial charge in [-0.05, 0) is 43.2 Å². The number of hydrogen-bond donors (Lipinski definition) is 2. The van der Waals surface area contributed by atoms with Crippen LogP contribution in [-0.2, 0) is 25.0 Å². The van der Waals surface area contributed by atoms with Gasteiger partial charge in [0.2, 0.25) is 5.91 Å². The summed E-state index contributed by atoms with van der Waals surface area (Å²) in [6.45, 7) is 1.78. The van der Waals surface area contributed by atoms with E-state index in [2.05, 4.69) is 10.7 Å². The Morgan fingerprint density at radius 2 is 1.74 bits per heavy atom. The molecule has 164 valence electrons. The van der Waals surface area contributed by atoms with E-state index >= 15 is 0 Å². The average Bonchev–Trinajstić information content (AvgIpc) is 2.95. The number of sulfone groups is 1. The van der Waals surface area contributed by atoms with Crippen molar-refractivity contribution < 1.29 is 27.5 Å². The van der Waals surface area contributed by atoms with Crippen LogP contribution < -0.4 is 15.5 Å². The zero-order valence-corrected chi connectivity index (χ0v) is 17.9. The lowest BCUT2D eigenvalue weighted by Gasteiger charge is -2.22. The van der Waals surface area contributed by atoms with Crippen LogP contribution in [0.4, 0.5) is 4.79 Å². The number of imide groups is 1. The van der Waals surface area contributed by atoms with Crippen LogP contribution >= 0.6 is 0 Å². The lowest BCUT2D eigenvalue weighted by atomic mass is 9.92. The monoisotopic (exact) mass is 445 g/mol. The summed E-state index contributed by atoms with van der Waals surface area (Å²) < 4.78 is 28.4. The summed E-state index contributed by atoms with van der Waals surface area (Å²) in [6.07, 6.45) is 1.48. The number of rotatable bonds is 8. The maximum Gasteiger partial charge on any atom is 0.344 e. The van der Waals surface area contributed by atoms with E-state index in [1.165, 1.54) is 24.3 Å². The summed E-state index contributed by atoms with van der Waals surface area (Å²) in [5.74, 6) is -0.600. The molecule has 10 heteroatoms. The second-order valence-corrected chi connectivity index (χ2v) is 9.31. The van der Waals surface area contributed by atoms with Crippen molar-refractivity contribution in [3.05, 3.63) is 60.2 Å². The van der Waals surface area contributed by atoms with E-state index < -0.39 is 33.2 Å². The number of carbonyl (C=O) groups is 3. The summed E-state index contributed by atoms with van der Waals surface area (Å²) in [5.41, 5.74) is 1.69. The van der Waals surface area contributed by atoms with Gasteiger partial charge in [-0.25, -0.2) is 13.2 Å². The highest BCUT2D eigenvalue weighted by Crippen LogP contribution is 2.27. The van der Waals surface area contributed by atoms with Crippen LogP contribution in [0.3, 0.4) is 0 Å². The summed E-state index contributed by atoms with van der Waals surface area (Å²) >= 11 is 0. The van der Waals surface area contributed by atoms with E-state index in [0.29, 0.717) is 22.7 Å². The zero-order valence-electron chi connectivity index (χ0n) is 17.1. The fraction of sp³-hybridized carbons (Fsp3) is 0.286. The van der Waals surface area contributed by atoms with Gasteiger partial charge in [-0.1, -0.05) is 30.3 Å². The minimum Gasteiger partial charge on any atom is -0.494 e. The van der Waals surface area contributed by atoms with E-state index in [0.717, 1.165) is 6.26 Å². The lowest BCUT2D eigenvalue weighted by molar-refractivity contribution is -0.139. The van der Waals surface area contributed by atoms with Gasteiger partial charge in [0.15, 0.2) is 9.84 Å². The SMILES string of the molecule is CC1(c2ccccc2)NC(=O)N(NC(=O)CCCOc2ccc(S(C)(=O)=O)cc2)C1=O. The molecule has 2 N–H and O–H groups in total. The molecule has 2 aromatic carbocycles. The number of benzene rings is 2. The molecule has 1 fully saturated rings. The quantitative estimate of drug-likeness (QED) is 0.472. The largest absolute Gasteiger partial charge is 0.494 e. The van der Waals surface area contributed by atoms with Gasteiger partial charge in [-0.15, -0.1) is 0 Å². The molecule has 0 aliphatic carbocycles. The van der Waals surface area contributed by atoms with Crippen LogP contribution in [0.1, 0.15) is 25.3 Å². The maximum atomic E-state index is 12.7. The molecule has 1 aliphatic heterocycles. The Balaban J connectivity index is 1.49. The van der Waals surface area contributed by atoms with Crippen molar-refractivity contribution in [1.82, 2.24) is 15.8 Å². The molecule has 0 radical (unpaired) electrons. The van der Waals surface area contributed by atoms with Gasteiger partial charge in [0, 0.05) is 12.7 Å². The van der Waals surface area contributed by atoms with Gasteiger partial charge in [-0.2, -0.15) is 5.01 Å². The van der Waals surface area contributed by atoms with Crippen LogP contribution in [0.2, 0.25) is 0 Å². The molecular weight excluding hydrogens is 422 g/mol. The number of urea groups is 1. The first kappa shape index (κ1) is 22.3. The normalized spacial score (nSPS) is 18.6. The minimum atomic E-state index is -3.28. The molecule has 9 nitrogen and oxygen atoms in total. The van der Waals surface area contributed by atoms with E-state index in [9.17, 15) is 22.8 Å². The molecule has 1 heterocycles. The minimum absolute atomic E-state index is 0.0283. The number of nitrogens with zero attached hydrogens (tertiary/aromatic N) is 1. The van der Waals surface area contributed by atoms with Crippen molar-refractivity contribution in [3.63, 3.8) is 0 Å². The van der Waals surface area contributed by atoms with Gasteiger partial charge in [0.25, 0.3) is 5.91 Å². The van der Waals surface area contributed by atoms with Crippen LogP contribution in [0.5, 0.6) is 5.75 Å². The summed E-state index contributed by atoms with van der Waals surface area (Å²) in [6, 6.07) is 14.0. The molecule has 31 heavy (non-hydrogen) atoms. The first-order valence-electron chi connectivity index (χ1n) is 9.56.